The summed E-state index contributed by atoms with van der Waals surface area (Å²) in [5.74, 6) is 0.575. The predicted octanol–water partition coefficient (Wildman–Crippen LogP) is 2.47. The monoisotopic (exact) mass is 264 g/mol. The van der Waals surface area contributed by atoms with Crippen LogP contribution in [0.3, 0.4) is 0 Å². The van der Waals surface area contributed by atoms with Crippen molar-refractivity contribution in [3.63, 3.8) is 0 Å². The van der Waals surface area contributed by atoms with Gasteiger partial charge in [-0.25, -0.2) is 4.98 Å². The molecular weight excluding hydrogens is 252 g/mol. The number of nitrogens with zero attached hydrogens (tertiary/aromatic N) is 2. The van der Waals surface area contributed by atoms with E-state index in [4.69, 9.17) is 0 Å². The van der Waals surface area contributed by atoms with Crippen molar-refractivity contribution < 1.29 is 9.90 Å². The van der Waals surface area contributed by atoms with Crippen molar-refractivity contribution in [2.24, 2.45) is 0 Å². The fraction of sp³-hybridized carbons (Fsp3) is 0.125. The Labute approximate surface area is 115 Å². The summed E-state index contributed by atoms with van der Waals surface area (Å²) in [6, 6.07) is 11.6. The van der Waals surface area contributed by atoms with Crippen LogP contribution >= 0.6 is 0 Å². The second kappa shape index (κ2) is 3.77. The van der Waals surface area contributed by atoms with E-state index >= 15 is 0 Å². The van der Waals surface area contributed by atoms with Gasteiger partial charge in [-0.05, 0) is 17.0 Å². The van der Waals surface area contributed by atoms with Gasteiger partial charge in [0.25, 0.3) is 5.91 Å². The number of carbonyl (C=O) groups excluding carboxylic acids is 1. The van der Waals surface area contributed by atoms with Crippen molar-refractivity contribution in [2.75, 3.05) is 11.9 Å². The Morgan fingerprint density at radius 3 is 2.75 bits per heavy atom. The molecule has 1 aliphatic rings. The zero-order valence-corrected chi connectivity index (χ0v) is 10.9. The number of aliphatic hydroxyl groups is 1. The molecule has 0 bridgehead atoms. The van der Waals surface area contributed by atoms with Crippen LogP contribution in [-0.2, 0) is 6.61 Å². The quantitative estimate of drug-likeness (QED) is 0.687. The van der Waals surface area contributed by atoms with Gasteiger partial charge >= 0.3 is 0 Å². The number of pyridine rings is 1. The summed E-state index contributed by atoms with van der Waals surface area (Å²) >= 11 is 0. The van der Waals surface area contributed by atoms with Crippen molar-refractivity contribution in [1.29, 1.82) is 0 Å². The molecule has 2 aromatic carbocycles. The van der Waals surface area contributed by atoms with E-state index in [1.54, 1.807) is 11.9 Å². The summed E-state index contributed by atoms with van der Waals surface area (Å²) in [5.41, 5.74) is 2.12. The normalized spacial score (nSPS) is 13.7. The molecule has 98 valence electrons. The number of benzene rings is 2. The Morgan fingerprint density at radius 1 is 1.15 bits per heavy atom. The van der Waals surface area contributed by atoms with Crippen LogP contribution in [0, 0.1) is 0 Å². The molecule has 1 N–H and O–H groups in total. The number of hydrogen-bond acceptors (Lipinski definition) is 3. The first-order valence-electron chi connectivity index (χ1n) is 6.45. The number of fused-ring (bicyclic) bond motifs is 2. The van der Waals surface area contributed by atoms with Gasteiger partial charge in [0, 0.05) is 17.8 Å². The van der Waals surface area contributed by atoms with Crippen molar-refractivity contribution >= 4 is 33.4 Å². The summed E-state index contributed by atoms with van der Waals surface area (Å²) in [6.45, 7) is -0.142. The maximum Gasteiger partial charge on any atom is 0.260 e. The third-order valence-electron chi connectivity index (χ3n) is 3.94. The predicted molar refractivity (Wildman–Crippen MR) is 77.9 cm³/mol. The molecule has 1 aliphatic heterocycles. The van der Waals surface area contributed by atoms with Crippen LogP contribution in [0.2, 0.25) is 0 Å². The molecule has 1 amide bonds. The molecule has 1 aromatic heterocycles. The van der Waals surface area contributed by atoms with E-state index in [9.17, 15) is 9.90 Å². The molecule has 0 unspecified atom stereocenters. The van der Waals surface area contributed by atoms with E-state index in [1.165, 1.54) is 0 Å². The fourth-order valence-electron chi connectivity index (χ4n) is 2.95. The van der Waals surface area contributed by atoms with Crippen LogP contribution in [0.4, 0.5) is 5.82 Å². The van der Waals surface area contributed by atoms with Crippen molar-refractivity contribution in [1.82, 2.24) is 4.98 Å². The Kier molecular flexibility index (Phi) is 2.15. The molecule has 0 saturated heterocycles. The van der Waals surface area contributed by atoms with E-state index in [1.807, 2.05) is 36.4 Å². The van der Waals surface area contributed by atoms with Crippen molar-refractivity contribution in [2.45, 2.75) is 6.61 Å². The molecule has 4 heteroatoms. The second-order valence-corrected chi connectivity index (χ2v) is 5.00. The molecule has 3 aromatic rings. The molecule has 0 fully saturated rings. The Bertz CT molecular complexity index is 886. The van der Waals surface area contributed by atoms with Crippen LogP contribution < -0.4 is 4.90 Å². The van der Waals surface area contributed by atoms with Gasteiger partial charge < -0.3 is 5.11 Å². The molecule has 4 rings (SSSR count). The van der Waals surface area contributed by atoms with Crippen molar-refractivity contribution in [3.8, 4) is 0 Å². The van der Waals surface area contributed by atoms with Gasteiger partial charge in [-0.2, -0.15) is 0 Å². The van der Waals surface area contributed by atoms with Gasteiger partial charge in [-0.15, -0.1) is 0 Å². The van der Waals surface area contributed by atoms with Crippen LogP contribution in [-0.4, -0.2) is 23.0 Å². The van der Waals surface area contributed by atoms with Crippen molar-refractivity contribution in [3.05, 3.63) is 47.5 Å². The SMILES string of the molecule is CN1C(=O)c2c(CO)ccc3c2c1nc1ccccc13. The number of aliphatic hydroxyl groups excluding tert-OH is 1. The standard InChI is InChI=1S/C16H12N2O2/c1-18-15-14-11(10-4-2-3-5-12(10)17-15)7-6-9(8-19)13(14)16(18)20/h2-7,19H,8H2,1H3. The van der Waals surface area contributed by atoms with Gasteiger partial charge in [-0.1, -0.05) is 30.3 Å². The number of aromatic nitrogens is 1. The largest absolute Gasteiger partial charge is 0.392 e. The third kappa shape index (κ3) is 1.24. The maximum absolute atomic E-state index is 12.4. The average Bonchev–Trinajstić information content (AvgIpc) is 2.74. The number of para-hydroxylation sites is 1. The van der Waals surface area contributed by atoms with Gasteiger partial charge in [0.15, 0.2) is 0 Å². The molecule has 0 aliphatic carbocycles. The molecule has 0 atom stereocenters. The van der Waals surface area contributed by atoms with E-state index in [0.29, 0.717) is 16.9 Å². The third-order valence-corrected chi connectivity index (χ3v) is 3.94. The fourth-order valence-corrected chi connectivity index (χ4v) is 2.95. The summed E-state index contributed by atoms with van der Waals surface area (Å²) in [7, 11) is 1.72. The van der Waals surface area contributed by atoms with E-state index < -0.39 is 0 Å². The number of amides is 1. The second-order valence-electron chi connectivity index (χ2n) is 5.00. The minimum Gasteiger partial charge on any atom is -0.392 e. The summed E-state index contributed by atoms with van der Waals surface area (Å²) in [5, 5.41) is 12.3. The molecule has 0 radical (unpaired) electrons. The Morgan fingerprint density at radius 2 is 1.95 bits per heavy atom. The van der Waals surface area contributed by atoms with Crippen LogP contribution in [0.25, 0.3) is 21.7 Å². The lowest BCUT2D eigenvalue weighted by Crippen LogP contribution is -2.22. The van der Waals surface area contributed by atoms with Gasteiger partial charge in [0.05, 0.1) is 17.7 Å². The van der Waals surface area contributed by atoms with Crippen LogP contribution in [0.15, 0.2) is 36.4 Å². The van der Waals surface area contributed by atoms with E-state index in [0.717, 1.165) is 21.7 Å². The Balaban J connectivity index is 2.29. The number of rotatable bonds is 1. The zero-order chi connectivity index (χ0) is 13.9. The highest BCUT2D eigenvalue weighted by Gasteiger charge is 2.31. The van der Waals surface area contributed by atoms with Gasteiger partial charge in [-0.3, -0.25) is 9.69 Å². The summed E-state index contributed by atoms with van der Waals surface area (Å²) < 4.78 is 0. The summed E-state index contributed by atoms with van der Waals surface area (Å²) in [6.07, 6.45) is 0. The maximum atomic E-state index is 12.4. The summed E-state index contributed by atoms with van der Waals surface area (Å²) in [4.78, 5) is 18.6. The molecule has 0 saturated carbocycles. The lowest BCUT2D eigenvalue weighted by atomic mass is 9.99. The smallest absolute Gasteiger partial charge is 0.260 e. The number of carbonyl (C=O) groups is 1. The topological polar surface area (TPSA) is 53.4 Å². The number of anilines is 1. The van der Waals surface area contributed by atoms with Gasteiger partial charge in [0.1, 0.15) is 5.82 Å². The zero-order valence-electron chi connectivity index (χ0n) is 10.9. The van der Waals surface area contributed by atoms with Gasteiger partial charge in [0.2, 0.25) is 0 Å². The lowest BCUT2D eigenvalue weighted by Gasteiger charge is -2.10. The van der Waals surface area contributed by atoms with Crippen LogP contribution in [0.5, 0.6) is 0 Å². The molecule has 0 spiro atoms. The molecule has 4 nitrogen and oxygen atoms in total. The minimum absolute atomic E-state index is 0.0996. The minimum atomic E-state index is -0.142. The first-order chi connectivity index (χ1) is 9.72. The molecule has 20 heavy (non-hydrogen) atoms. The average molecular weight is 264 g/mol. The number of hydrogen-bond donors (Lipinski definition) is 1. The highest BCUT2D eigenvalue weighted by atomic mass is 16.3. The lowest BCUT2D eigenvalue weighted by molar-refractivity contribution is 0.0996. The Hall–Kier alpha value is -2.46. The van der Waals surface area contributed by atoms with E-state index in [2.05, 4.69) is 4.98 Å². The first kappa shape index (κ1) is 11.4. The highest BCUT2D eigenvalue weighted by Crippen LogP contribution is 2.40. The first-order valence-corrected chi connectivity index (χ1v) is 6.45. The van der Waals surface area contributed by atoms with E-state index in [-0.39, 0.29) is 12.5 Å². The highest BCUT2D eigenvalue weighted by molar-refractivity contribution is 6.28. The molecule has 2 heterocycles. The van der Waals surface area contributed by atoms with Crippen LogP contribution in [0.1, 0.15) is 15.9 Å². The molecular formula is C16H12N2O2.